The van der Waals surface area contributed by atoms with Crippen LogP contribution in [0.5, 0.6) is 17.2 Å². The number of hydrogen-bond donors (Lipinski definition) is 2. The van der Waals surface area contributed by atoms with Crippen molar-refractivity contribution in [2.45, 2.75) is 37.5 Å². The highest BCUT2D eigenvalue weighted by atomic mass is 19.1. The Balaban J connectivity index is 1.18. The van der Waals surface area contributed by atoms with E-state index >= 15 is 4.39 Å². The number of aromatic nitrogens is 1. The summed E-state index contributed by atoms with van der Waals surface area (Å²) < 4.78 is 32.5. The van der Waals surface area contributed by atoms with Crippen LogP contribution in [0.25, 0.3) is 0 Å². The van der Waals surface area contributed by atoms with Gasteiger partial charge in [-0.1, -0.05) is 6.58 Å². The van der Waals surface area contributed by atoms with Gasteiger partial charge in [-0.2, -0.15) is 0 Å². The normalized spacial score (nSPS) is 19.8. The minimum Gasteiger partial charge on any atom is -0.495 e. The number of aliphatic imine (C=N–C) groups is 2. The van der Waals surface area contributed by atoms with Crippen LogP contribution in [0.15, 0.2) is 71.3 Å². The molecular weight excluding hydrogens is 577 g/mol. The molecule has 3 aliphatic rings. The Morgan fingerprint density at radius 2 is 1.98 bits per heavy atom. The van der Waals surface area contributed by atoms with Crippen LogP contribution in [-0.2, 0) is 9.53 Å². The van der Waals surface area contributed by atoms with Crippen molar-refractivity contribution in [3.63, 3.8) is 0 Å². The predicted octanol–water partition coefficient (Wildman–Crippen LogP) is 4.96. The van der Waals surface area contributed by atoms with Crippen molar-refractivity contribution in [3.05, 3.63) is 72.7 Å². The zero-order chi connectivity index (χ0) is 31.5. The fourth-order valence-corrected chi connectivity index (χ4v) is 6.05. The summed E-state index contributed by atoms with van der Waals surface area (Å²) in [6.07, 6.45) is 5.76. The Labute approximate surface area is 261 Å². The number of nitrogens with two attached hydrogens (primary N) is 1. The van der Waals surface area contributed by atoms with Gasteiger partial charge in [0.15, 0.2) is 5.82 Å². The molecule has 0 radical (unpaired) electrons. The average Bonchev–Trinajstić information content (AvgIpc) is 3.70. The largest absolute Gasteiger partial charge is 0.495 e. The van der Waals surface area contributed by atoms with Gasteiger partial charge in [-0.3, -0.25) is 9.79 Å². The molecule has 12 heteroatoms. The second kappa shape index (κ2) is 12.9. The molecule has 45 heavy (non-hydrogen) atoms. The number of ether oxygens (including phenoxy) is 3. The number of anilines is 2. The number of piperidine rings is 1. The van der Waals surface area contributed by atoms with E-state index in [9.17, 15) is 4.79 Å². The van der Waals surface area contributed by atoms with Crippen LogP contribution in [0, 0.1) is 5.82 Å². The van der Waals surface area contributed by atoms with Crippen molar-refractivity contribution in [2.75, 3.05) is 43.6 Å². The molecule has 0 unspecified atom stereocenters. The number of halogens is 1. The highest BCUT2D eigenvalue weighted by Crippen LogP contribution is 2.36. The summed E-state index contributed by atoms with van der Waals surface area (Å²) in [5.41, 5.74) is 8.06. The van der Waals surface area contributed by atoms with Crippen molar-refractivity contribution in [3.8, 4) is 17.2 Å². The van der Waals surface area contributed by atoms with E-state index in [2.05, 4.69) is 38.5 Å². The minimum absolute atomic E-state index is 0.0444. The van der Waals surface area contributed by atoms with E-state index in [1.165, 1.54) is 18.2 Å². The smallest absolute Gasteiger partial charge is 0.245 e. The molecule has 4 heterocycles. The zero-order valence-corrected chi connectivity index (χ0v) is 25.1. The van der Waals surface area contributed by atoms with Gasteiger partial charge in [0, 0.05) is 55.6 Å². The maximum absolute atomic E-state index is 15.3. The molecule has 0 aliphatic carbocycles. The van der Waals surface area contributed by atoms with Gasteiger partial charge in [-0.05, 0) is 56.3 Å². The number of rotatable bonds is 10. The Hall–Kier alpha value is -4.97. The number of benzene rings is 2. The van der Waals surface area contributed by atoms with Crippen LogP contribution < -0.4 is 25.4 Å². The Morgan fingerprint density at radius 3 is 2.64 bits per heavy atom. The minimum atomic E-state index is -0.598. The van der Waals surface area contributed by atoms with E-state index in [0.717, 1.165) is 31.6 Å². The lowest BCUT2D eigenvalue weighted by molar-refractivity contribution is -0.126. The van der Waals surface area contributed by atoms with Crippen molar-refractivity contribution in [1.29, 1.82) is 0 Å². The Morgan fingerprint density at radius 1 is 1.18 bits per heavy atom. The molecule has 1 aromatic heterocycles. The van der Waals surface area contributed by atoms with Crippen molar-refractivity contribution < 1.29 is 23.4 Å². The summed E-state index contributed by atoms with van der Waals surface area (Å²) in [6, 6.07) is 11.9. The fraction of sp³-hybridized carbons (Fsp3) is 0.333. The van der Waals surface area contributed by atoms with E-state index in [0.29, 0.717) is 59.9 Å². The molecule has 234 valence electrons. The van der Waals surface area contributed by atoms with Crippen LogP contribution in [-0.4, -0.2) is 79.9 Å². The number of pyridine rings is 1. The van der Waals surface area contributed by atoms with E-state index in [1.54, 1.807) is 42.5 Å². The first kappa shape index (κ1) is 30.1. The van der Waals surface area contributed by atoms with Crippen molar-refractivity contribution in [2.24, 2.45) is 15.7 Å². The fourth-order valence-electron chi connectivity index (χ4n) is 6.05. The molecule has 0 saturated carbocycles. The number of hydrogen-bond acceptors (Lipinski definition) is 9. The number of likely N-dealkylation sites (tertiary alicyclic amines) is 1. The first-order valence-electron chi connectivity index (χ1n) is 14.9. The van der Waals surface area contributed by atoms with Crippen LogP contribution >= 0.6 is 0 Å². The van der Waals surface area contributed by atoms with Gasteiger partial charge in [0.25, 0.3) is 0 Å². The van der Waals surface area contributed by atoms with Gasteiger partial charge >= 0.3 is 0 Å². The van der Waals surface area contributed by atoms with Gasteiger partial charge in [0.2, 0.25) is 5.91 Å². The molecule has 3 aromatic rings. The number of carbonyl (C=O) groups is 1. The molecule has 3 aliphatic heterocycles. The van der Waals surface area contributed by atoms with Gasteiger partial charge in [-0.15, -0.1) is 0 Å². The van der Waals surface area contributed by atoms with E-state index in [4.69, 9.17) is 19.9 Å². The highest BCUT2D eigenvalue weighted by molar-refractivity contribution is 6.04. The molecule has 2 atom stereocenters. The lowest BCUT2D eigenvalue weighted by Crippen LogP contribution is -2.41. The van der Waals surface area contributed by atoms with Crippen LogP contribution in [0.1, 0.15) is 24.8 Å². The molecule has 11 nitrogen and oxygen atoms in total. The monoisotopic (exact) mass is 613 g/mol. The standard InChI is InChI=1S/C33H36FN7O4/c1-4-32(42)40-11-8-20(9-12-40)38-29-16-25(28(36-2)17-30(29)43-3)33(35)39-27-6-5-22(14-26(27)34)45-23-7-10-37-31(15-23)41-18-24-13-21(41)19-44-24/h4-7,10,14-17,20-21,24,38H,1-2,8-9,11-13,18-19H2,3H3,(H2,35,39)/t21-,24-/m1/s1. The van der Waals surface area contributed by atoms with Crippen molar-refractivity contribution in [1.82, 2.24) is 9.88 Å². The number of amidine groups is 1. The Bertz CT molecular complexity index is 1640. The lowest BCUT2D eigenvalue weighted by Gasteiger charge is -2.32. The van der Waals surface area contributed by atoms with Crippen LogP contribution in [0.4, 0.5) is 27.3 Å². The zero-order valence-electron chi connectivity index (χ0n) is 25.1. The molecule has 0 spiro atoms. The number of amides is 1. The molecular formula is C33H36FN7O4. The van der Waals surface area contributed by atoms with E-state index in [1.807, 2.05) is 6.07 Å². The maximum atomic E-state index is 15.3. The number of methoxy groups -OCH3 is 1. The molecule has 1 amide bonds. The topological polar surface area (TPSA) is 127 Å². The third kappa shape index (κ3) is 6.46. The molecule has 2 bridgehead atoms. The van der Waals surface area contributed by atoms with Gasteiger partial charge in [0.05, 0.1) is 37.2 Å². The first-order chi connectivity index (χ1) is 21.8. The summed E-state index contributed by atoms with van der Waals surface area (Å²) in [5.74, 6) is 1.62. The summed E-state index contributed by atoms with van der Waals surface area (Å²) in [4.78, 5) is 28.9. The third-order valence-electron chi connectivity index (χ3n) is 8.41. The second-order valence-electron chi connectivity index (χ2n) is 11.2. The molecule has 6 rings (SSSR count). The third-order valence-corrected chi connectivity index (χ3v) is 8.41. The van der Waals surface area contributed by atoms with E-state index < -0.39 is 5.82 Å². The summed E-state index contributed by atoms with van der Waals surface area (Å²) in [6.45, 7) is 9.96. The van der Waals surface area contributed by atoms with Gasteiger partial charge < -0.3 is 35.1 Å². The highest BCUT2D eigenvalue weighted by Gasteiger charge is 2.39. The van der Waals surface area contributed by atoms with Crippen molar-refractivity contribution >= 4 is 41.3 Å². The number of carbonyl (C=O) groups excluding carboxylic acids is 1. The number of nitrogens with zero attached hydrogens (tertiary/aromatic N) is 5. The number of morpholine rings is 1. The SMILES string of the molecule is C=CC(=O)N1CCC(Nc2cc(C(N)=Nc3ccc(Oc4ccnc(N5C[C@H]6C[C@@H]5CO6)c4)cc3F)c(N=C)cc2OC)CC1. The molecule has 3 fully saturated rings. The Kier molecular flexibility index (Phi) is 8.65. The molecule has 3 saturated heterocycles. The number of nitrogens with one attached hydrogen (secondary N) is 1. The lowest BCUT2D eigenvalue weighted by atomic mass is 10.0. The van der Waals surface area contributed by atoms with Gasteiger partial charge in [-0.25, -0.2) is 14.4 Å². The predicted molar refractivity (Wildman–Crippen MR) is 172 cm³/mol. The maximum Gasteiger partial charge on any atom is 0.245 e. The summed E-state index contributed by atoms with van der Waals surface area (Å²) in [5, 5.41) is 3.49. The first-order valence-corrected chi connectivity index (χ1v) is 14.9. The molecule has 2 aromatic carbocycles. The number of fused-ring (bicyclic) bond motifs is 2. The van der Waals surface area contributed by atoms with Gasteiger partial charge in [0.1, 0.15) is 34.6 Å². The summed E-state index contributed by atoms with van der Waals surface area (Å²) >= 11 is 0. The molecule has 3 N–H and O–H groups in total. The van der Waals surface area contributed by atoms with E-state index in [-0.39, 0.29) is 29.6 Å². The quantitative estimate of drug-likeness (QED) is 0.187. The summed E-state index contributed by atoms with van der Waals surface area (Å²) in [7, 11) is 1.56. The van der Waals surface area contributed by atoms with Crippen LogP contribution in [0.2, 0.25) is 0 Å². The van der Waals surface area contributed by atoms with Crippen LogP contribution in [0.3, 0.4) is 0 Å². The second-order valence-corrected chi connectivity index (χ2v) is 11.2. The average molecular weight is 614 g/mol.